The number of carboxylic acids is 1. The van der Waals surface area contributed by atoms with E-state index in [4.69, 9.17) is 16.7 Å². The maximum atomic E-state index is 13.5. The Morgan fingerprint density at radius 2 is 2.19 bits per heavy atom. The summed E-state index contributed by atoms with van der Waals surface area (Å²) in [5.74, 6) is -2.64. The number of carboxylic acid groups (broad SMARTS) is 1. The number of nitrogens with zero attached hydrogens (tertiary/aromatic N) is 2. The summed E-state index contributed by atoms with van der Waals surface area (Å²) in [4.78, 5) is 13.9. The summed E-state index contributed by atoms with van der Waals surface area (Å²) in [7, 11) is -4.17. The summed E-state index contributed by atoms with van der Waals surface area (Å²) in [6.07, 6.45) is 1.01. The molecule has 0 spiro atoms. The molecule has 0 aliphatic heterocycles. The second-order valence-corrected chi connectivity index (χ2v) is 5.89. The normalized spacial score (nSPS) is 11.5. The topological polar surface area (TPSA) is 122 Å². The summed E-state index contributed by atoms with van der Waals surface area (Å²) >= 11 is 5.47. The predicted octanol–water partition coefficient (Wildman–Crippen LogP) is 1.04. The number of sulfonamides is 1. The van der Waals surface area contributed by atoms with Crippen LogP contribution < -0.4 is 4.72 Å². The summed E-state index contributed by atoms with van der Waals surface area (Å²) in [6, 6.07) is 1.37. The van der Waals surface area contributed by atoms with E-state index in [-0.39, 0.29) is 12.4 Å². The van der Waals surface area contributed by atoms with E-state index in [9.17, 15) is 17.6 Å². The molecule has 2 aromatic rings. The van der Waals surface area contributed by atoms with Crippen LogP contribution in [0.2, 0.25) is 5.02 Å². The first-order chi connectivity index (χ1) is 9.81. The molecule has 0 unspecified atom stereocenters. The fourth-order valence-corrected chi connectivity index (χ4v) is 2.60. The van der Waals surface area contributed by atoms with E-state index in [1.165, 1.54) is 0 Å². The van der Waals surface area contributed by atoms with Crippen LogP contribution in [-0.4, -0.2) is 29.6 Å². The van der Waals surface area contributed by atoms with Crippen molar-refractivity contribution in [1.82, 2.24) is 14.9 Å². The number of aromatic carboxylic acids is 1. The number of hydrogen-bond acceptors (Lipinski definition) is 6. The van der Waals surface area contributed by atoms with Crippen LogP contribution in [0, 0.1) is 5.82 Å². The zero-order chi connectivity index (χ0) is 15.6. The number of aromatic nitrogens is 2. The Labute approximate surface area is 122 Å². The van der Waals surface area contributed by atoms with Crippen LogP contribution in [0.15, 0.2) is 27.9 Å². The average Bonchev–Trinajstić information content (AvgIpc) is 2.92. The van der Waals surface area contributed by atoms with Gasteiger partial charge in [0, 0.05) is 0 Å². The van der Waals surface area contributed by atoms with Gasteiger partial charge in [-0.1, -0.05) is 16.8 Å². The smallest absolute Gasteiger partial charge is 0.337 e. The first-order valence-corrected chi connectivity index (χ1v) is 7.14. The Bertz CT molecular complexity index is 778. The lowest BCUT2D eigenvalue weighted by molar-refractivity contribution is 0.0696. The largest absolute Gasteiger partial charge is 0.478 e. The molecule has 8 nitrogen and oxygen atoms in total. The number of hydrogen-bond donors (Lipinski definition) is 2. The van der Waals surface area contributed by atoms with Crippen molar-refractivity contribution in [1.29, 1.82) is 0 Å². The van der Waals surface area contributed by atoms with Crippen LogP contribution in [0.3, 0.4) is 0 Å². The highest BCUT2D eigenvalue weighted by atomic mass is 35.5. The summed E-state index contributed by atoms with van der Waals surface area (Å²) < 4.78 is 43.9. The van der Waals surface area contributed by atoms with E-state index in [0.29, 0.717) is 6.07 Å². The average molecular weight is 336 g/mol. The van der Waals surface area contributed by atoms with Crippen LogP contribution in [0.1, 0.15) is 16.2 Å². The second-order valence-electron chi connectivity index (χ2n) is 3.74. The molecule has 11 heteroatoms. The quantitative estimate of drug-likeness (QED) is 0.836. The molecule has 0 saturated carbocycles. The molecule has 1 aromatic heterocycles. The van der Waals surface area contributed by atoms with Gasteiger partial charge in [-0.05, 0) is 12.1 Å². The lowest BCUT2D eigenvalue weighted by Crippen LogP contribution is -2.24. The van der Waals surface area contributed by atoms with E-state index in [2.05, 4.69) is 19.4 Å². The van der Waals surface area contributed by atoms with Gasteiger partial charge in [0.2, 0.25) is 16.4 Å². The Morgan fingerprint density at radius 3 is 2.76 bits per heavy atom. The van der Waals surface area contributed by atoms with Gasteiger partial charge in [-0.25, -0.2) is 22.3 Å². The van der Waals surface area contributed by atoms with Gasteiger partial charge in [0.25, 0.3) is 0 Å². The van der Waals surface area contributed by atoms with Crippen LogP contribution >= 0.6 is 11.6 Å². The molecule has 2 rings (SSSR count). The predicted molar refractivity (Wildman–Crippen MR) is 66.7 cm³/mol. The minimum Gasteiger partial charge on any atom is -0.478 e. The Kier molecular flexibility index (Phi) is 4.21. The van der Waals surface area contributed by atoms with Gasteiger partial charge in [0.05, 0.1) is 22.0 Å². The van der Waals surface area contributed by atoms with Crippen LogP contribution in [0.4, 0.5) is 4.39 Å². The molecule has 0 aliphatic rings. The highest BCUT2D eigenvalue weighted by molar-refractivity contribution is 7.89. The molecule has 0 fully saturated rings. The second kappa shape index (κ2) is 5.76. The number of carbonyl (C=O) groups is 1. The maximum Gasteiger partial charge on any atom is 0.337 e. The van der Waals surface area contributed by atoms with Crippen molar-refractivity contribution in [3.05, 3.63) is 40.8 Å². The monoisotopic (exact) mass is 335 g/mol. The standard InChI is InChI=1S/C10H7ClFN3O5S/c11-9-6(10(16)17)1-5(2-7(9)12)21(18,19)14-3-8-13-4-20-15-8/h1-2,4,14H,3H2,(H,16,17). The molecular formula is C10H7ClFN3O5S. The molecular weight excluding hydrogens is 329 g/mol. The molecule has 0 saturated heterocycles. The highest BCUT2D eigenvalue weighted by Gasteiger charge is 2.22. The van der Waals surface area contributed by atoms with Crippen molar-refractivity contribution in [3.63, 3.8) is 0 Å². The molecule has 21 heavy (non-hydrogen) atoms. The SMILES string of the molecule is O=C(O)c1cc(S(=O)(=O)NCc2ncon2)cc(F)c1Cl. The number of rotatable bonds is 5. The highest BCUT2D eigenvalue weighted by Crippen LogP contribution is 2.24. The maximum absolute atomic E-state index is 13.5. The lowest BCUT2D eigenvalue weighted by Gasteiger charge is -2.07. The van der Waals surface area contributed by atoms with Crippen molar-refractivity contribution in [2.45, 2.75) is 11.4 Å². The van der Waals surface area contributed by atoms with E-state index in [1.54, 1.807) is 0 Å². The van der Waals surface area contributed by atoms with E-state index < -0.39 is 37.3 Å². The summed E-state index contributed by atoms with van der Waals surface area (Å²) in [5, 5.41) is 11.6. The molecule has 0 radical (unpaired) electrons. The molecule has 0 amide bonds. The van der Waals surface area contributed by atoms with Gasteiger partial charge in [0.15, 0.2) is 5.82 Å². The zero-order valence-corrected chi connectivity index (χ0v) is 11.7. The third-order valence-electron chi connectivity index (χ3n) is 2.37. The molecule has 1 heterocycles. The Morgan fingerprint density at radius 1 is 1.48 bits per heavy atom. The Hall–Kier alpha value is -2.04. The fourth-order valence-electron chi connectivity index (χ4n) is 1.39. The first-order valence-electron chi connectivity index (χ1n) is 5.28. The van der Waals surface area contributed by atoms with Gasteiger partial charge in [0.1, 0.15) is 5.82 Å². The van der Waals surface area contributed by atoms with Crippen molar-refractivity contribution in [2.24, 2.45) is 0 Å². The van der Waals surface area contributed by atoms with Gasteiger partial charge < -0.3 is 9.63 Å². The minimum atomic E-state index is -4.17. The summed E-state index contributed by atoms with van der Waals surface area (Å²) in [6.45, 7) is -0.300. The van der Waals surface area contributed by atoms with Crippen LogP contribution in [-0.2, 0) is 16.6 Å². The molecule has 2 N–H and O–H groups in total. The zero-order valence-electron chi connectivity index (χ0n) is 10.1. The summed E-state index contributed by atoms with van der Waals surface area (Å²) in [5.41, 5.74) is -0.656. The molecule has 0 bridgehead atoms. The van der Waals surface area contributed by atoms with Gasteiger partial charge >= 0.3 is 5.97 Å². The van der Waals surface area contributed by atoms with Gasteiger partial charge in [-0.3, -0.25) is 0 Å². The number of halogens is 2. The van der Waals surface area contributed by atoms with Gasteiger partial charge in [-0.2, -0.15) is 4.98 Å². The van der Waals surface area contributed by atoms with Crippen molar-refractivity contribution in [2.75, 3.05) is 0 Å². The lowest BCUT2D eigenvalue weighted by atomic mass is 10.2. The van der Waals surface area contributed by atoms with E-state index >= 15 is 0 Å². The third kappa shape index (κ3) is 3.35. The third-order valence-corrected chi connectivity index (χ3v) is 4.13. The molecule has 0 atom stereocenters. The van der Waals surface area contributed by atoms with Crippen molar-refractivity contribution < 1.29 is 27.2 Å². The molecule has 112 valence electrons. The molecule has 0 aliphatic carbocycles. The minimum absolute atomic E-state index is 0.0615. The van der Waals surface area contributed by atoms with Crippen LogP contribution in [0.5, 0.6) is 0 Å². The van der Waals surface area contributed by atoms with Crippen LogP contribution in [0.25, 0.3) is 0 Å². The van der Waals surface area contributed by atoms with Crippen molar-refractivity contribution in [3.8, 4) is 0 Å². The van der Waals surface area contributed by atoms with Crippen molar-refractivity contribution >= 4 is 27.6 Å². The van der Waals surface area contributed by atoms with Gasteiger partial charge in [-0.15, -0.1) is 0 Å². The van der Waals surface area contributed by atoms with E-state index in [0.717, 1.165) is 12.5 Å². The van der Waals surface area contributed by atoms with E-state index in [1.807, 2.05) is 0 Å². The number of nitrogens with one attached hydrogen (secondary N) is 1. The fraction of sp³-hybridized carbons (Fsp3) is 0.100. The Balaban J connectivity index is 2.33. The number of benzene rings is 1. The first kappa shape index (κ1) is 15.4. The molecule has 1 aromatic carbocycles.